The summed E-state index contributed by atoms with van der Waals surface area (Å²) in [4.78, 5) is 33.6. The maximum Gasteiger partial charge on any atom is 0.338 e. The Bertz CT molecular complexity index is 390. The van der Waals surface area contributed by atoms with Gasteiger partial charge in [0.05, 0.1) is 0 Å². The number of rotatable bonds is 7. The van der Waals surface area contributed by atoms with Gasteiger partial charge in [-0.15, -0.1) is 0 Å². The molecular formula is C12H22N2O6. The second kappa shape index (κ2) is 6.67. The lowest BCUT2D eigenvalue weighted by Gasteiger charge is -2.28. The number of hydrogen-bond acceptors (Lipinski definition) is 6. The fourth-order valence-electron chi connectivity index (χ4n) is 1.39. The molecule has 0 aliphatic heterocycles. The number of aliphatic carboxylic acids is 2. The van der Waals surface area contributed by atoms with Crippen LogP contribution in [0.3, 0.4) is 0 Å². The molecule has 0 rings (SSSR count). The van der Waals surface area contributed by atoms with E-state index in [4.69, 9.17) is 26.4 Å². The Labute approximate surface area is 117 Å². The minimum atomic E-state index is -2.20. The van der Waals surface area contributed by atoms with E-state index in [-0.39, 0.29) is 19.3 Å². The number of carboxylic acids is 2. The SMILES string of the molecule is CC(C)(C)OC(=O)C(N)(CCCC(N)C(=O)O)C(=O)O. The van der Waals surface area contributed by atoms with Gasteiger partial charge in [0, 0.05) is 0 Å². The van der Waals surface area contributed by atoms with Crippen LogP contribution in [0.25, 0.3) is 0 Å². The summed E-state index contributed by atoms with van der Waals surface area (Å²) in [6.07, 6.45) is -0.155. The van der Waals surface area contributed by atoms with Gasteiger partial charge in [-0.2, -0.15) is 0 Å². The third kappa shape index (κ3) is 5.54. The number of carbonyl (C=O) groups excluding carboxylic acids is 1. The summed E-state index contributed by atoms with van der Waals surface area (Å²) in [7, 11) is 0. The summed E-state index contributed by atoms with van der Waals surface area (Å²) < 4.78 is 4.98. The lowest BCUT2D eigenvalue weighted by atomic mass is 9.92. The van der Waals surface area contributed by atoms with Crippen molar-refractivity contribution in [3.63, 3.8) is 0 Å². The Balaban J connectivity index is 4.74. The van der Waals surface area contributed by atoms with Crippen LogP contribution in [0.5, 0.6) is 0 Å². The van der Waals surface area contributed by atoms with Gasteiger partial charge in [-0.1, -0.05) is 0 Å². The van der Waals surface area contributed by atoms with Crippen LogP contribution in [0.2, 0.25) is 0 Å². The van der Waals surface area contributed by atoms with E-state index in [1.807, 2.05) is 0 Å². The highest BCUT2D eigenvalue weighted by Gasteiger charge is 2.45. The minimum absolute atomic E-state index is 0.0182. The van der Waals surface area contributed by atoms with Crippen LogP contribution < -0.4 is 11.5 Å². The quantitative estimate of drug-likeness (QED) is 0.368. The molecule has 8 nitrogen and oxygen atoms in total. The topological polar surface area (TPSA) is 153 Å². The van der Waals surface area contributed by atoms with Crippen LogP contribution >= 0.6 is 0 Å². The molecule has 0 radical (unpaired) electrons. The van der Waals surface area contributed by atoms with Gasteiger partial charge in [0.25, 0.3) is 0 Å². The zero-order valence-corrected chi connectivity index (χ0v) is 11.9. The molecule has 0 heterocycles. The van der Waals surface area contributed by atoms with Crippen molar-refractivity contribution in [2.45, 2.75) is 57.2 Å². The Morgan fingerprint density at radius 2 is 1.70 bits per heavy atom. The van der Waals surface area contributed by atoms with Crippen molar-refractivity contribution in [3.05, 3.63) is 0 Å². The summed E-state index contributed by atoms with van der Waals surface area (Å²) in [6, 6.07) is -1.12. The first kappa shape index (κ1) is 18.3. The highest BCUT2D eigenvalue weighted by Crippen LogP contribution is 2.19. The van der Waals surface area contributed by atoms with Crippen molar-refractivity contribution in [1.82, 2.24) is 0 Å². The van der Waals surface area contributed by atoms with Crippen molar-refractivity contribution < 1.29 is 29.3 Å². The summed E-state index contributed by atoms with van der Waals surface area (Å²) >= 11 is 0. The maximum atomic E-state index is 11.9. The lowest BCUT2D eigenvalue weighted by molar-refractivity contribution is -0.169. The highest BCUT2D eigenvalue weighted by molar-refractivity contribution is 6.03. The maximum absolute atomic E-state index is 11.9. The molecule has 0 saturated carbocycles. The first-order chi connectivity index (χ1) is 8.90. The zero-order chi connectivity index (χ0) is 16.1. The van der Waals surface area contributed by atoms with Crippen LogP contribution in [0.4, 0.5) is 0 Å². The fourth-order valence-corrected chi connectivity index (χ4v) is 1.39. The van der Waals surface area contributed by atoms with Crippen molar-refractivity contribution in [3.8, 4) is 0 Å². The molecule has 0 aromatic rings. The molecule has 0 bridgehead atoms. The number of ether oxygens (including phenoxy) is 1. The second-order valence-electron chi connectivity index (χ2n) is 5.62. The molecule has 2 atom stereocenters. The van der Waals surface area contributed by atoms with E-state index >= 15 is 0 Å². The molecule has 0 amide bonds. The van der Waals surface area contributed by atoms with E-state index in [2.05, 4.69) is 0 Å². The molecule has 0 spiro atoms. The van der Waals surface area contributed by atoms with Crippen LogP contribution in [0.15, 0.2) is 0 Å². The molecule has 0 aliphatic rings. The van der Waals surface area contributed by atoms with Gasteiger partial charge in [0.1, 0.15) is 11.6 Å². The minimum Gasteiger partial charge on any atom is -0.480 e. The molecular weight excluding hydrogens is 268 g/mol. The Morgan fingerprint density at radius 3 is 2.05 bits per heavy atom. The molecule has 2 unspecified atom stereocenters. The first-order valence-corrected chi connectivity index (χ1v) is 6.14. The predicted octanol–water partition coefficient (Wildman–Crippen LogP) is -0.308. The van der Waals surface area contributed by atoms with E-state index < -0.39 is 35.1 Å². The van der Waals surface area contributed by atoms with Gasteiger partial charge in [0.15, 0.2) is 0 Å². The zero-order valence-electron chi connectivity index (χ0n) is 11.9. The molecule has 0 fully saturated rings. The molecule has 0 aromatic heterocycles. The summed E-state index contributed by atoms with van der Waals surface area (Å²) in [5.41, 5.74) is 7.82. The molecule has 20 heavy (non-hydrogen) atoms. The summed E-state index contributed by atoms with van der Waals surface area (Å²) in [5, 5.41) is 17.7. The smallest absolute Gasteiger partial charge is 0.338 e. The van der Waals surface area contributed by atoms with Gasteiger partial charge in [-0.05, 0) is 40.0 Å². The molecule has 0 aromatic carbocycles. The van der Waals surface area contributed by atoms with E-state index in [1.165, 1.54) is 0 Å². The number of esters is 1. The number of carbonyl (C=O) groups is 3. The first-order valence-electron chi connectivity index (χ1n) is 6.14. The molecule has 0 aliphatic carbocycles. The van der Waals surface area contributed by atoms with Gasteiger partial charge in [0.2, 0.25) is 5.54 Å². The van der Waals surface area contributed by atoms with Gasteiger partial charge in [-0.25, -0.2) is 9.59 Å². The predicted molar refractivity (Wildman–Crippen MR) is 69.9 cm³/mol. The normalized spacial score (nSPS) is 16.1. The van der Waals surface area contributed by atoms with E-state index in [0.717, 1.165) is 0 Å². The lowest BCUT2D eigenvalue weighted by Crippen LogP contribution is -2.57. The second-order valence-corrected chi connectivity index (χ2v) is 5.62. The third-order valence-electron chi connectivity index (χ3n) is 2.55. The average molecular weight is 290 g/mol. The average Bonchev–Trinajstić information content (AvgIpc) is 2.25. The molecule has 8 heteroatoms. The van der Waals surface area contributed by atoms with Gasteiger partial charge >= 0.3 is 17.9 Å². The Kier molecular flexibility index (Phi) is 6.11. The summed E-state index contributed by atoms with van der Waals surface area (Å²) in [6.45, 7) is 4.77. The van der Waals surface area contributed by atoms with Gasteiger partial charge < -0.3 is 26.4 Å². The molecule has 0 saturated heterocycles. The van der Waals surface area contributed by atoms with Gasteiger partial charge in [-0.3, -0.25) is 4.79 Å². The van der Waals surface area contributed by atoms with Crippen LogP contribution in [-0.4, -0.2) is 45.3 Å². The van der Waals surface area contributed by atoms with Crippen molar-refractivity contribution in [1.29, 1.82) is 0 Å². The van der Waals surface area contributed by atoms with E-state index in [9.17, 15) is 14.4 Å². The van der Waals surface area contributed by atoms with Crippen LogP contribution in [0, 0.1) is 0 Å². The third-order valence-corrected chi connectivity index (χ3v) is 2.55. The summed E-state index contributed by atoms with van der Waals surface area (Å²) in [5.74, 6) is -3.77. The van der Waals surface area contributed by atoms with Crippen LogP contribution in [0.1, 0.15) is 40.0 Å². The number of carboxylic acid groups (broad SMARTS) is 2. The number of nitrogens with two attached hydrogens (primary N) is 2. The van der Waals surface area contributed by atoms with E-state index in [0.29, 0.717) is 0 Å². The highest BCUT2D eigenvalue weighted by atomic mass is 16.6. The largest absolute Gasteiger partial charge is 0.480 e. The molecule has 6 N–H and O–H groups in total. The Hall–Kier alpha value is -1.67. The van der Waals surface area contributed by atoms with Crippen molar-refractivity contribution in [2.75, 3.05) is 0 Å². The number of hydrogen-bond donors (Lipinski definition) is 4. The fraction of sp³-hybridized carbons (Fsp3) is 0.750. The van der Waals surface area contributed by atoms with Crippen LogP contribution in [-0.2, 0) is 19.1 Å². The molecule has 116 valence electrons. The van der Waals surface area contributed by atoms with E-state index in [1.54, 1.807) is 20.8 Å². The van der Waals surface area contributed by atoms with Crippen molar-refractivity contribution >= 4 is 17.9 Å². The monoisotopic (exact) mass is 290 g/mol. The van der Waals surface area contributed by atoms with Crippen molar-refractivity contribution in [2.24, 2.45) is 11.5 Å². The standard InChI is InChI=1S/C12H22N2O6/c1-11(2,3)20-10(19)12(14,9(17)18)6-4-5-7(13)8(15)16/h7H,4-6,13-14H2,1-3H3,(H,15,16)(H,17,18). The Morgan fingerprint density at radius 1 is 1.20 bits per heavy atom.